The molecule has 140 valence electrons. The van der Waals surface area contributed by atoms with Gasteiger partial charge in [-0.1, -0.05) is 17.3 Å². The normalized spacial score (nSPS) is 20.4. The van der Waals surface area contributed by atoms with Crippen molar-refractivity contribution in [2.24, 2.45) is 5.92 Å². The number of rotatable bonds is 6. The van der Waals surface area contributed by atoms with E-state index in [-0.39, 0.29) is 11.4 Å². The fourth-order valence-corrected chi connectivity index (χ4v) is 3.89. The Kier molecular flexibility index (Phi) is 4.80. The van der Waals surface area contributed by atoms with Gasteiger partial charge >= 0.3 is 0 Å². The van der Waals surface area contributed by atoms with E-state index in [4.69, 9.17) is 4.52 Å². The molecule has 0 atom stereocenters. The predicted octanol–water partition coefficient (Wildman–Crippen LogP) is 3.35. The van der Waals surface area contributed by atoms with Crippen molar-refractivity contribution < 1.29 is 14.0 Å². The Balaban J connectivity index is 1.24. The summed E-state index contributed by atoms with van der Waals surface area (Å²) in [5, 5.41) is 14.2. The highest BCUT2D eigenvalue weighted by Crippen LogP contribution is 2.46. The van der Waals surface area contributed by atoms with Gasteiger partial charge < -0.3 is 14.5 Å². The van der Waals surface area contributed by atoms with Gasteiger partial charge in [-0.15, -0.1) is 0 Å². The molecule has 1 saturated carbocycles. The molecule has 1 aliphatic heterocycles. The van der Waals surface area contributed by atoms with Gasteiger partial charge in [-0.2, -0.15) is 4.98 Å². The maximum absolute atomic E-state index is 13.7. The van der Waals surface area contributed by atoms with E-state index in [0.29, 0.717) is 28.8 Å². The lowest BCUT2D eigenvalue weighted by Gasteiger charge is -2.34. The Labute approximate surface area is 153 Å². The van der Waals surface area contributed by atoms with Crippen molar-refractivity contribution in [2.75, 3.05) is 19.6 Å². The number of aliphatic hydroxyl groups is 1. The van der Waals surface area contributed by atoms with Crippen molar-refractivity contribution in [1.82, 2.24) is 15.0 Å². The van der Waals surface area contributed by atoms with E-state index in [9.17, 15) is 9.50 Å². The summed E-state index contributed by atoms with van der Waals surface area (Å²) in [6, 6.07) is 4.98. The van der Waals surface area contributed by atoms with Gasteiger partial charge in [0.2, 0.25) is 11.7 Å². The van der Waals surface area contributed by atoms with Crippen molar-refractivity contribution in [3.05, 3.63) is 35.5 Å². The van der Waals surface area contributed by atoms with Gasteiger partial charge in [0, 0.05) is 12.0 Å². The topological polar surface area (TPSA) is 62.4 Å². The molecule has 0 spiro atoms. The highest BCUT2D eigenvalue weighted by molar-refractivity contribution is 5.54. The van der Waals surface area contributed by atoms with Crippen LogP contribution in [0.4, 0.5) is 4.39 Å². The molecule has 4 rings (SSSR count). The summed E-state index contributed by atoms with van der Waals surface area (Å²) >= 11 is 0. The molecular formula is C20H26FN3O2. The molecule has 1 saturated heterocycles. The lowest BCUT2D eigenvalue weighted by molar-refractivity contribution is 0.0390. The maximum Gasteiger partial charge on any atom is 0.227 e. The highest BCUT2D eigenvalue weighted by Gasteiger charge is 2.47. The fraction of sp³-hybridized carbons (Fsp3) is 0.600. The quantitative estimate of drug-likeness (QED) is 0.857. The third kappa shape index (κ3) is 3.81. The van der Waals surface area contributed by atoms with E-state index in [2.05, 4.69) is 15.0 Å². The second-order valence-corrected chi connectivity index (χ2v) is 7.80. The molecule has 0 unspecified atom stereocenters. The average molecular weight is 359 g/mol. The minimum absolute atomic E-state index is 0.256. The largest absolute Gasteiger partial charge is 0.390 e. The Hall–Kier alpha value is -1.79. The van der Waals surface area contributed by atoms with Crippen molar-refractivity contribution in [1.29, 1.82) is 0 Å². The molecule has 2 aromatic rings. The van der Waals surface area contributed by atoms with Gasteiger partial charge in [-0.05, 0) is 76.2 Å². The van der Waals surface area contributed by atoms with Gasteiger partial charge in [0.1, 0.15) is 5.82 Å². The minimum Gasteiger partial charge on any atom is -0.390 e. The molecule has 1 aromatic carbocycles. The molecule has 0 radical (unpaired) electrons. The molecule has 0 bridgehead atoms. The molecule has 26 heavy (non-hydrogen) atoms. The van der Waals surface area contributed by atoms with Crippen molar-refractivity contribution in [3.63, 3.8) is 0 Å². The van der Waals surface area contributed by atoms with E-state index in [0.717, 1.165) is 58.2 Å². The molecule has 1 N–H and O–H groups in total. The van der Waals surface area contributed by atoms with Crippen LogP contribution in [0.3, 0.4) is 0 Å². The summed E-state index contributed by atoms with van der Waals surface area (Å²) in [6.07, 6.45) is 5.86. The highest BCUT2D eigenvalue weighted by atomic mass is 19.1. The smallest absolute Gasteiger partial charge is 0.227 e. The maximum atomic E-state index is 13.7. The third-order valence-corrected chi connectivity index (χ3v) is 5.87. The number of aryl methyl sites for hydroxylation is 2. The van der Waals surface area contributed by atoms with Gasteiger partial charge in [-0.25, -0.2) is 4.39 Å². The Morgan fingerprint density at radius 3 is 2.77 bits per heavy atom. The standard InChI is InChI=1S/C20H26FN3O2/c1-14-4-5-15(13-17(14)21)19-22-18(26-23-19)3-2-10-24-11-6-16(7-12-24)20(25)8-9-20/h4-5,13,16,25H,2-3,6-12H2,1H3. The van der Waals surface area contributed by atoms with E-state index in [1.54, 1.807) is 13.0 Å². The lowest BCUT2D eigenvalue weighted by atomic mass is 9.89. The molecule has 1 aliphatic carbocycles. The number of likely N-dealkylation sites (tertiary alicyclic amines) is 1. The monoisotopic (exact) mass is 359 g/mol. The molecule has 1 aromatic heterocycles. The second-order valence-electron chi connectivity index (χ2n) is 7.80. The summed E-state index contributed by atoms with van der Waals surface area (Å²) in [6.45, 7) is 4.85. The number of halogens is 1. The van der Waals surface area contributed by atoms with Gasteiger partial charge in [0.25, 0.3) is 0 Å². The van der Waals surface area contributed by atoms with Crippen LogP contribution >= 0.6 is 0 Å². The first-order valence-corrected chi connectivity index (χ1v) is 9.57. The number of hydrogen-bond donors (Lipinski definition) is 1. The van der Waals surface area contributed by atoms with Crippen LogP contribution in [0.2, 0.25) is 0 Å². The molecular weight excluding hydrogens is 333 g/mol. The predicted molar refractivity (Wildman–Crippen MR) is 96.1 cm³/mol. The van der Waals surface area contributed by atoms with E-state index in [1.165, 1.54) is 6.07 Å². The van der Waals surface area contributed by atoms with Gasteiger partial charge in [0.05, 0.1) is 5.60 Å². The van der Waals surface area contributed by atoms with Crippen LogP contribution in [0.15, 0.2) is 22.7 Å². The van der Waals surface area contributed by atoms with E-state index in [1.807, 2.05) is 6.07 Å². The van der Waals surface area contributed by atoms with Crippen LogP contribution in [0.5, 0.6) is 0 Å². The first-order chi connectivity index (χ1) is 12.5. The summed E-state index contributed by atoms with van der Waals surface area (Å²) in [5.41, 5.74) is 0.917. The number of benzene rings is 1. The summed E-state index contributed by atoms with van der Waals surface area (Å²) in [5.74, 6) is 1.28. The van der Waals surface area contributed by atoms with Crippen LogP contribution in [0.25, 0.3) is 11.4 Å². The lowest BCUT2D eigenvalue weighted by Crippen LogP contribution is -2.39. The molecule has 2 fully saturated rings. The molecule has 0 amide bonds. The SMILES string of the molecule is Cc1ccc(-c2noc(CCCN3CCC(C4(O)CC4)CC3)n2)cc1F. The van der Waals surface area contributed by atoms with Crippen molar-refractivity contribution in [3.8, 4) is 11.4 Å². The summed E-state index contributed by atoms with van der Waals surface area (Å²) in [7, 11) is 0. The number of hydrogen-bond acceptors (Lipinski definition) is 5. The average Bonchev–Trinajstić information content (AvgIpc) is 3.22. The molecule has 2 aliphatic rings. The van der Waals surface area contributed by atoms with E-state index < -0.39 is 0 Å². The zero-order valence-electron chi connectivity index (χ0n) is 15.2. The van der Waals surface area contributed by atoms with Crippen LogP contribution < -0.4 is 0 Å². The van der Waals surface area contributed by atoms with Crippen LogP contribution in [-0.2, 0) is 6.42 Å². The first-order valence-electron chi connectivity index (χ1n) is 9.57. The zero-order chi connectivity index (χ0) is 18.1. The molecule has 2 heterocycles. The number of aromatic nitrogens is 2. The first kappa shape index (κ1) is 17.6. The number of piperidine rings is 1. The van der Waals surface area contributed by atoms with E-state index >= 15 is 0 Å². The van der Waals surface area contributed by atoms with Crippen molar-refractivity contribution in [2.45, 2.75) is 51.0 Å². The van der Waals surface area contributed by atoms with Crippen molar-refractivity contribution >= 4 is 0 Å². The Morgan fingerprint density at radius 1 is 1.31 bits per heavy atom. The molecule has 5 nitrogen and oxygen atoms in total. The third-order valence-electron chi connectivity index (χ3n) is 5.87. The Bertz CT molecular complexity index is 764. The second kappa shape index (κ2) is 7.08. The summed E-state index contributed by atoms with van der Waals surface area (Å²) < 4.78 is 19.0. The van der Waals surface area contributed by atoms with Crippen LogP contribution in [0.1, 0.15) is 43.6 Å². The van der Waals surface area contributed by atoms with Crippen LogP contribution in [0, 0.1) is 18.7 Å². The van der Waals surface area contributed by atoms with Gasteiger partial charge in [-0.3, -0.25) is 0 Å². The van der Waals surface area contributed by atoms with Gasteiger partial charge in [0.15, 0.2) is 0 Å². The summed E-state index contributed by atoms with van der Waals surface area (Å²) in [4.78, 5) is 6.84. The molecule has 6 heteroatoms. The fourth-order valence-electron chi connectivity index (χ4n) is 3.89. The van der Waals surface area contributed by atoms with Crippen LogP contribution in [-0.4, -0.2) is 45.4 Å². The number of nitrogens with zero attached hydrogens (tertiary/aromatic N) is 3. The zero-order valence-corrected chi connectivity index (χ0v) is 15.2. The Morgan fingerprint density at radius 2 is 2.08 bits per heavy atom. The minimum atomic E-state index is -0.332.